The number of aromatic nitrogens is 5. The standard InChI is InChI=1S/C28H35N7O2/c1-6-34(19-25-30-32-33(5)31-25)27(37)22-15-17-35-23(18-22)13-14-24(35)26(36)21-11-9-20(10-12-21)8-7-16-29-28(2,3)4/h9-15,17-18,29H,6-8,16,19H2,1-5H3. The van der Waals surface area contributed by atoms with Crippen molar-refractivity contribution in [2.45, 2.75) is 52.6 Å². The number of tetrazole rings is 1. The number of hydrogen-bond donors (Lipinski definition) is 1. The molecule has 9 nitrogen and oxygen atoms in total. The second kappa shape index (κ2) is 11.0. The van der Waals surface area contributed by atoms with Gasteiger partial charge in [0.2, 0.25) is 5.78 Å². The third kappa shape index (κ3) is 6.48. The lowest BCUT2D eigenvalue weighted by molar-refractivity contribution is 0.0748. The Balaban J connectivity index is 1.44. The van der Waals surface area contributed by atoms with Gasteiger partial charge in [-0.25, -0.2) is 0 Å². The Morgan fingerprint density at radius 1 is 1.03 bits per heavy atom. The number of aryl methyl sites for hydroxylation is 2. The van der Waals surface area contributed by atoms with Crippen LogP contribution in [0.4, 0.5) is 0 Å². The van der Waals surface area contributed by atoms with E-state index in [1.54, 1.807) is 36.3 Å². The van der Waals surface area contributed by atoms with E-state index in [1.807, 2.05) is 41.7 Å². The number of pyridine rings is 1. The van der Waals surface area contributed by atoms with Crippen LogP contribution in [-0.4, -0.2) is 59.8 Å². The summed E-state index contributed by atoms with van der Waals surface area (Å²) in [6, 6.07) is 15.1. The monoisotopic (exact) mass is 501 g/mol. The summed E-state index contributed by atoms with van der Waals surface area (Å²) in [5, 5.41) is 15.5. The summed E-state index contributed by atoms with van der Waals surface area (Å²) in [5.41, 5.74) is 3.87. The molecule has 9 heteroatoms. The molecule has 0 saturated carbocycles. The lowest BCUT2D eigenvalue weighted by Crippen LogP contribution is -2.36. The summed E-state index contributed by atoms with van der Waals surface area (Å²) in [7, 11) is 1.69. The van der Waals surface area contributed by atoms with E-state index in [0.29, 0.717) is 29.2 Å². The molecule has 0 fully saturated rings. The highest BCUT2D eigenvalue weighted by Crippen LogP contribution is 2.18. The smallest absolute Gasteiger partial charge is 0.254 e. The van der Waals surface area contributed by atoms with Crippen molar-refractivity contribution in [2.24, 2.45) is 7.05 Å². The minimum absolute atomic E-state index is 0.0519. The van der Waals surface area contributed by atoms with Crippen LogP contribution in [0.2, 0.25) is 0 Å². The Labute approximate surface area is 217 Å². The Morgan fingerprint density at radius 3 is 2.43 bits per heavy atom. The largest absolute Gasteiger partial charge is 0.331 e. The number of amides is 1. The molecule has 0 aliphatic heterocycles. The van der Waals surface area contributed by atoms with Crippen molar-refractivity contribution in [3.63, 3.8) is 0 Å². The molecule has 3 aromatic heterocycles. The van der Waals surface area contributed by atoms with E-state index in [2.05, 4.69) is 41.5 Å². The minimum Gasteiger partial charge on any atom is -0.331 e. The van der Waals surface area contributed by atoms with Crippen LogP contribution in [0.1, 0.15) is 71.9 Å². The van der Waals surface area contributed by atoms with E-state index in [4.69, 9.17) is 0 Å². The third-order valence-corrected chi connectivity index (χ3v) is 6.20. The van der Waals surface area contributed by atoms with E-state index in [-0.39, 0.29) is 23.8 Å². The van der Waals surface area contributed by atoms with Crippen LogP contribution in [-0.2, 0) is 20.0 Å². The molecule has 37 heavy (non-hydrogen) atoms. The van der Waals surface area contributed by atoms with Gasteiger partial charge in [0.05, 0.1) is 19.3 Å². The molecular formula is C28H35N7O2. The van der Waals surface area contributed by atoms with Gasteiger partial charge in [-0.05, 0) is 82.1 Å². The number of rotatable bonds is 10. The molecule has 1 amide bonds. The molecule has 0 saturated heterocycles. The van der Waals surface area contributed by atoms with Gasteiger partial charge in [0.15, 0.2) is 5.82 Å². The molecular weight excluding hydrogens is 466 g/mol. The van der Waals surface area contributed by atoms with Gasteiger partial charge in [0, 0.05) is 34.9 Å². The maximum absolute atomic E-state index is 13.3. The first kappa shape index (κ1) is 26.2. The number of benzene rings is 1. The topological polar surface area (TPSA) is 97.4 Å². The van der Waals surface area contributed by atoms with Crippen molar-refractivity contribution < 1.29 is 9.59 Å². The SMILES string of the molecule is CCN(Cc1nnn(C)n1)C(=O)c1ccn2c(C(=O)c3ccc(CCCNC(C)(C)C)cc3)ccc2c1. The van der Waals surface area contributed by atoms with Gasteiger partial charge in [-0.1, -0.05) is 24.3 Å². The lowest BCUT2D eigenvalue weighted by Gasteiger charge is -2.20. The predicted octanol–water partition coefficient (Wildman–Crippen LogP) is 3.68. The molecule has 0 unspecified atom stereocenters. The third-order valence-electron chi connectivity index (χ3n) is 6.20. The summed E-state index contributed by atoms with van der Waals surface area (Å²) in [4.78, 5) is 29.4. The molecule has 3 heterocycles. The number of carbonyl (C=O) groups is 2. The number of nitrogens with one attached hydrogen (secondary N) is 1. The summed E-state index contributed by atoms with van der Waals surface area (Å²) >= 11 is 0. The van der Waals surface area contributed by atoms with E-state index in [9.17, 15) is 9.59 Å². The van der Waals surface area contributed by atoms with Crippen molar-refractivity contribution in [3.05, 3.63) is 82.9 Å². The second-order valence-corrected chi connectivity index (χ2v) is 10.2. The number of carbonyl (C=O) groups excluding carboxylic acids is 2. The number of fused-ring (bicyclic) bond motifs is 1. The Bertz CT molecular complexity index is 1380. The zero-order valence-electron chi connectivity index (χ0n) is 22.2. The number of hydrogen-bond acceptors (Lipinski definition) is 6. The zero-order chi connectivity index (χ0) is 26.6. The van der Waals surface area contributed by atoms with E-state index in [0.717, 1.165) is 24.9 Å². The fourth-order valence-electron chi connectivity index (χ4n) is 4.22. The van der Waals surface area contributed by atoms with E-state index in [1.165, 1.54) is 10.4 Å². The Morgan fingerprint density at radius 2 is 1.78 bits per heavy atom. The fraction of sp³-hybridized carbons (Fsp3) is 0.393. The molecule has 194 valence electrons. The highest BCUT2D eigenvalue weighted by Gasteiger charge is 2.19. The minimum atomic E-state index is -0.125. The van der Waals surface area contributed by atoms with Gasteiger partial charge in [0.1, 0.15) is 0 Å². The molecule has 1 aromatic carbocycles. The van der Waals surface area contributed by atoms with Crippen molar-refractivity contribution in [3.8, 4) is 0 Å². The molecule has 1 N–H and O–H groups in total. The Kier molecular flexibility index (Phi) is 7.83. The van der Waals surface area contributed by atoms with Crippen LogP contribution in [0.5, 0.6) is 0 Å². The molecule has 0 atom stereocenters. The number of ketones is 1. The Hall–Kier alpha value is -3.85. The van der Waals surface area contributed by atoms with Gasteiger partial charge in [-0.2, -0.15) is 4.80 Å². The maximum atomic E-state index is 13.3. The van der Waals surface area contributed by atoms with E-state index >= 15 is 0 Å². The first-order valence-electron chi connectivity index (χ1n) is 12.7. The molecule has 0 radical (unpaired) electrons. The van der Waals surface area contributed by atoms with Crippen LogP contribution in [0, 0.1) is 0 Å². The summed E-state index contributed by atoms with van der Waals surface area (Å²) in [5.74, 6) is 0.311. The highest BCUT2D eigenvalue weighted by atomic mass is 16.2. The van der Waals surface area contributed by atoms with Crippen LogP contribution < -0.4 is 5.32 Å². The van der Waals surface area contributed by atoms with Crippen LogP contribution >= 0.6 is 0 Å². The predicted molar refractivity (Wildman–Crippen MR) is 143 cm³/mol. The molecule has 0 aliphatic carbocycles. The molecule has 4 aromatic rings. The van der Waals surface area contributed by atoms with Crippen LogP contribution in [0.25, 0.3) is 5.52 Å². The molecule has 4 rings (SSSR count). The first-order chi connectivity index (χ1) is 17.6. The average molecular weight is 502 g/mol. The van der Waals surface area contributed by atoms with Gasteiger partial charge in [-0.3, -0.25) is 9.59 Å². The summed E-state index contributed by atoms with van der Waals surface area (Å²) < 4.78 is 1.83. The van der Waals surface area contributed by atoms with Crippen molar-refractivity contribution in [1.29, 1.82) is 0 Å². The normalized spacial score (nSPS) is 11.7. The van der Waals surface area contributed by atoms with Crippen molar-refractivity contribution >= 4 is 17.2 Å². The van der Waals surface area contributed by atoms with Crippen molar-refractivity contribution in [2.75, 3.05) is 13.1 Å². The quantitative estimate of drug-likeness (QED) is 0.263. The average Bonchev–Trinajstić information content (AvgIpc) is 3.49. The summed E-state index contributed by atoms with van der Waals surface area (Å²) in [6.45, 7) is 10.1. The molecule has 0 spiro atoms. The lowest BCUT2D eigenvalue weighted by atomic mass is 10.0. The molecule has 0 bridgehead atoms. The maximum Gasteiger partial charge on any atom is 0.254 e. The summed E-state index contributed by atoms with van der Waals surface area (Å²) in [6.07, 6.45) is 3.78. The van der Waals surface area contributed by atoms with Gasteiger partial charge < -0.3 is 14.6 Å². The number of nitrogens with zero attached hydrogens (tertiary/aromatic N) is 6. The highest BCUT2D eigenvalue weighted by molar-refractivity contribution is 6.08. The van der Waals surface area contributed by atoms with Gasteiger partial charge >= 0.3 is 0 Å². The molecule has 0 aliphatic rings. The van der Waals surface area contributed by atoms with Gasteiger partial charge in [-0.15, -0.1) is 10.2 Å². The first-order valence-corrected chi connectivity index (χ1v) is 12.7. The van der Waals surface area contributed by atoms with Crippen molar-refractivity contribution in [1.82, 2.24) is 34.8 Å². The fourth-order valence-corrected chi connectivity index (χ4v) is 4.22. The van der Waals surface area contributed by atoms with Crippen LogP contribution in [0.3, 0.4) is 0 Å². The van der Waals surface area contributed by atoms with Crippen LogP contribution in [0.15, 0.2) is 54.7 Å². The van der Waals surface area contributed by atoms with E-state index < -0.39 is 0 Å². The second-order valence-electron chi connectivity index (χ2n) is 10.2. The zero-order valence-corrected chi connectivity index (χ0v) is 22.2. The van der Waals surface area contributed by atoms with Gasteiger partial charge in [0.25, 0.3) is 5.91 Å².